The first-order chi connectivity index (χ1) is 8.71. The summed E-state index contributed by atoms with van der Waals surface area (Å²) in [6, 6.07) is 0.410. The van der Waals surface area contributed by atoms with Crippen LogP contribution < -0.4 is 5.73 Å². The van der Waals surface area contributed by atoms with E-state index in [1.165, 1.54) is 13.0 Å². The second kappa shape index (κ2) is 6.22. The lowest BCUT2D eigenvalue weighted by Gasteiger charge is -2.23. The normalized spacial score (nSPS) is 13.2. The number of carbonyl (C=O) groups excluding carboxylic acids is 1. The van der Waals surface area contributed by atoms with Crippen LogP contribution in [-0.2, 0) is 9.53 Å². The van der Waals surface area contributed by atoms with Gasteiger partial charge in [-0.3, -0.25) is 0 Å². The highest BCUT2D eigenvalue weighted by atomic mass is 35.5. The fourth-order valence-electron chi connectivity index (χ4n) is 1.35. The molecule has 8 heteroatoms. The van der Waals surface area contributed by atoms with Crippen LogP contribution in [0.15, 0.2) is 12.1 Å². The second-order valence-corrected chi connectivity index (χ2v) is 4.83. The van der Waals surface area contributed by atoms with Crippen molar-refractivity contribution in [3.63, 3.8) is 0 Å². The highest BCUT2D eigenvalue weighted by Crippen LogP contribution is 2.38. The zero-order chi connectivity index (χ0) is 14.8. The molecule has 1 aromatic carbocycles. The van der Waals surface area contributed by atoms with Crippen LogP contribution in [0.4, 0.5) is 8.78 Å². The van der Waals surface area contributed by atoms with Gasteiger partial charge in [-0.25, -0.2) is 4.79 Å². The lowest BCUT2D eigenvalue weighted by Crippen LogP contribution is -2.41. The molecular formula is C11H10Cl3F2NO2. The number of hydrogen-bond acceptors (Lipinski definition) is 3. The third kappa shape index (κ3) is 3.48. The lowest BCUT2D eigenvalue weighted by atomic mass is 10.0. The molecular weight excluding hydrogens is 322 g/mol. The van der Waals surface area contributed by atoms with Crippen LogP contribution in [0.5, 0.6) is 0 Å². The van der Waals surface area contributed by atoms with E-state index in [0.29, 0.717) is 0 Å². The molecule has 0 aromatic heterocycles. The van der Waals surface area contributed by atoms with Crippen LogP contribution in [0.3, 0.4) is 0 Å². The minimum atomic E-state index is -3.94. The highest BCUT2D eigenvalue weighted by Gasteiger charge is 2.48. The van der Waals surface area contributed by atoms with E-state index in [9.17, 15) is 13.6 Å². The average Bonchev–Trinajstić information content (AvgIpc) is 2.33. The SMILES string of the molecule is CCOC(=O)C(F)(F)[C@H](N)c1cc(Cl)cc(Cl)c1Cl. The number of carbonyl (C=O) groups is 1. The predicted octanol–water partition coefficient (Wildman–Crippen LogP) is 3.85. The van der Waals surface area contributed by atoms with E-state index in [4.69, 9.17) is 40.5 Å². The molecule has 1 atom stereocenters. The van der Waals surface area contributed by atoms with Crippen molar-refractivity contribution < 1.29 is 18.3 Å². The average molecular weight is 333 g/mol. The standard InChI is InChI=1S/C11H10Cl3F2NO2/c1-2-19-10(18)11(15,16)9(17)6-3-5(12)4-7(13)8(6)14/h3-4,9H,2,17H2,1H3/t9-/m1/s1. The number of rotatable bonds is 4. The molecule has 0 fully saturated rings. The van der Waals surface area contributed by atoms with Crippen LogP contribution in [-0.4, -0.2) is 18.5 Å². The van der Waals surface area contributed by atoms with Gasteiger partial charge in [-0.05, 0) is 24.6 Å². The number of halogens is 5. The maximum absolute atomic E-state index is 13.8. The van der Waals surface area contributed by atoms with Gasteiger partial charge in [-0.2, -0.15) is 8.78 Å². The molecule has 0 unspecified atom stereocenters. The second-order valence-electron chi connectivity index (χ2n) is 3.61. The van der Waals surface area contributed by atoms with Crippen LogP contribution >= 0.6 is 34.8 Å². The first kappa shape index (κ1) is 16.4. The molecule has 0 bridgehead atoms. The summed E-state index contributed by atoms with van der Waals surface area (Å²) in [6.45, 7) is 1.22. The molecule has 0 aliphatic rings. The van der Waals surface area contributed by atoms with Crippen molar-refractivity contribution >= 4 is 40.8 Å². The molecule has 0 heterocycles. The molecule has 0 spiro atoms. The lowest BCUT2D eigenvalue weighted by molar-refractivity contribution is -0.174. The maximum atomic E-state index is 13.8. The maximum Gasteiger partial charge on any atom is 0.379 e. The monoisotopic (exact) mass is 331 g/mol. The summed E-state index contributed by atoms with van der Waals surface area (Å²) in [7, 11) is 0. The zero-order valence-electron chi connectivity index (χ0n) is 9.72. The number of benzene rings is 1. The fourth-order valence-corrected chi connectivity index (χ4v) is 2.09. The minimum Gasteiger partial charge on any atom is -0.462 e. The van der Waals surface area contributed by atoms with Crippen LogP contribution in [0.25, 0.3) is 0 Å². The molecule has 0 aliphatic carbocycles. The topological polar surface area (TPSA) is 52.3 Å². The molecule has 0 saturated carbocycles. The summed E-state index contributed by atoms with van der Waals surface area (Å²) in [5, 5.41) is -0.124. The van der Waals surface area contributed by atoms with E-state index in [-0.39, 0.29) is 27.2 Å². The Labute approximate surface area is 123 Å². The largest absolute Gasteiger partial charge is 0.462 e. The van der Waals surface area contributed by atoms with Gasteiger partial charge in [0.15, 0.2) is 0 Å². The Bertz CT molecular complexity index is 497. The van der Waals surface area contributed by atoms with Gasteiger partial charge in [-0.1, -0.05) is 34.8 Å². The van der Waals surface area contributed by atoms with Crippen LogP contribution in [0.1, 0.15) is 18.5 Å². The molecule has 0 amide bonds. The summed E-state index contributed by atoms with van der Waals surface area (Å²) in [4.78, 5) is 11.2. The van der Waals surface area contributed by atoms with E-state index in [0.717, 1.165) is 6.07 Å². The summed E-state index contributed by atoms with van der Waals surface area (Å²) in [5.41, 5.74) is 5.17. The van der Waals surface area contributed by atoms with Gasteiger partial charge in [0.05, 0.1) is 16.7 Å². The molecule has 0 saturated heterocycles. The van der Waals surface area contributed by atoms with Crippen molar-refractivity contribution in [2.45, 2.75) is 18.9 Å². The van der Waals surface area contributed by atoms with E-state index in [1.54, 1.807) is 0 Å². The Hall–Kier alpha value is -0.620. The van der Waals surface area contributed by atoms with Crippen molar-refractivity contribution in [3.8, 4) is 0 Å². The van der Waals surface area contributed by atoms with Crippen LogP contribution in [0.2, 0.25) is 15.1 Å². The minimum absolute atomic E-state index is 0.0284. The van der Waals surface area contributed by atoms with Gasteiger partial charge in [-0.15, -0.1) is 0 Å². The summed E-state index contributed by atoms with van der Waals surface area (Å²) >= 11 is 17.2. The smallest absolute Gasteiger partial charge is 0.379 e. The van der Waals surface area contributed by atoms with Crippen molar-refractivity contribution in [3.05, 3.63) is 32.8 Å². The Morgan fingerprint density at radius 1 is 1.42 bits per heavy atom. The Balaban J connectivity index is 3.19. The van der Waals surface area contributed by atoms with Crippen LogP contribution in [0, 0.1) is 0 Å². The van der Waals surface area contributed by atoms with E-state index >= 15 is 0 Å². The number of alkyl halides is 2. The molecule has 1 aromatic rings. The summed E-state index contributed by atoms with van der Waals surface area (Å²) in [5.74, 6) is -5.66. The molecule has 1 rings (SSSR count). The van der Waals surface area contributed by atoms with Gasteiger partial charge in [0.2, 0.25) is 0 Å². The fraction of sp³-hybridized carbons (Fsp3) is 0.364. The Morgan fingerprint density at radius 3 is 2.53 bits per heavy atom. The highest BCUT2D eigenvalue weighted by molar-refractivity contribution is 6.43. The number of esters is 1. The summed E-state index contributed by atoms with van der Waals surface area (Å²) in [6.07, 6.45) is 0. The Kier molecular flexibility index (Phi) is 5.38. The van der Waals surface area contributed by atoms with Gasteiger partial charge >= 0.3 is 11.9 Å². The van der Waals surface area contributed by atoms with E-state index in [2.05, 4.69) is 4.74 Å². The van der Waals surface area contributed by atoms with Gasteiger partial charge in [0.1, 0.15) is 6.04 Å². The van der Waals surface area contributed by atoms with Gasteiger partial charge < -0.3 is 10.5 Å². The Morgan fingerprint density at radius 2 is 2.00 bits per heavy atom. The van der Waals surface area contributed by atoms with E-state index < -0.39 is 17.9 Å². The van der Waals surface area contributed by atoms with Crippen molar-refractivity contribution in [1.29, 1.82) is 0 Å². The van der Waals surface area contributed by atoms with Gasteiger partial charge in [0.25, 0.3) is 0 Å². The zero-order valence-corrected chi connectivity index (χ0v) is 12.0. The third-order valence-corrected chi connectivity index (χ3v) is 3.33. The van der Waals surface area contributed by atoms with Gasteiger partial charge in [0, 0.05) is 5.02 Å². The van der Waals surface area contributed by atoms with Crippen molar-refractivity contribution in [1.82, 2.24) is 0 Å². The number of hydrogen-bond donors (Lipinski definition) is 1. The molecule has 19 heavy (non-hydrogen) atoms. The molecule has 106 valence electrons. The molecule has 0 radical (unpaired) electrons. The quantitative estimate of drug-likeness (QED) is 0.673. The first-order valence-corrected chi connectivity index (χ1v) is 6.30. The third-order valence-electron chi connectivity index (χ3n) is 2.29. The molecule has 3 nitrogen and oxygen atoms in total. The van der Waals surface area contributed by atoms with E-state index in [1.807, 2.05) is 0 Å². The number of ether oxygens (including phenoxy) is 1. The predicted molar refractivity (Wildman–Crippen MR) is 70.0 cm³/mol. The van der Waals surface area contributed by atoms with Crippen molar-refractivity contribution in [2.24, 2.45) is 5.73 Å². The van der Waals surface area contributed by atoms with Crippen molar-refractivity contribution in [2.75, 3.05) is 6.61 Å². The summed E-state index contributed by atoms with van der Waals surface area (Å²) < 4.78 is 31.8. The number of nitrogens with two attached hydrogens (primary N) is 1. The molecule has 2 N–H and O–H groups in total. The molecule has 0 aliphatic heterocycles. The first-order valence-electron chi connectivity index (χ1n) is 5.16.